The second kappa shape index (κ2) is 7.37. The van der Waals surface area contributed by atoms with Gasteiger partial charge in [-0.05, 0) is 24.3 Å². The molecule has 2 aromatic rings. The molecule has 0 atom stereocenters. The van der Waals surface area contributed by atoms with Gasteiger partial charge in [0, 0.05) is 17.8 Å². The van der Waals surface area contributed by atoms with E-state index in [1.807, 2.05) is 16.7 Å². The highest BCUT2D eigenvalue weighted by Crippen LogP contribution is 2.20. The zero-order chi connectivity index (χ0) is 19.5. The third-order valence-corrected chi connectivity index (χ3v) is 5.08. The van der Waals surface area contributed by atoms with E-state index in [1.165, 1.54) is 12.1 Å². The van der Waals surface area contributed by atoms with Crippen LogP contribution < -0.4 is 0 Å². The van der Waals surface area contributed by atoms with Crippen LogP contribution in [0.1, 0.15) is 11.4 Å². The fraction of sp³-hybridized carbons (Fsp3) is 0.300. The molecular formula is C20H24N2O2Si2. The lowest BCUT2D eigenvalue weighted by atomic mass is 10.2. The van der Waals surface area contributed by atoms with Crippen molar-refractivity contribution in [2.75, 3.05) is 0 Å². The number of rotatable bonds is 2. The van der Waals surface area contributed by atoms with Gasteiger partial charge in [0.1, 0.15) is 16.1 Å². The van der Waals surface area contributed by atoms with Crippen molar-refractivity contribution >= 4 is 21.8 Å². The van der Waals surface area contributed by atoms with Crippen LogP contribution in [0.4, 0.5) is 5.69 Å². The van der Waals surface area contributed by atoms with Crippen molar-refractivity contribution in [3.8, 4) is 28.6 Å². The van der Waals surface area contributed by atoms with Gasteiger partial charge in [-0.3, -0.25) is 14.7 Å². The van der Waals surface area contributed by atoms with Crippen molar-refractivity contribution in [3.63, 3.8) is 0 Å². The third-order valence-electron chi connectivity index (χ3n) is 3.33. The van der Waals surface area contributed by atoms with Crippen LogP contribution in [-0.4, -0.2) is 25.6 Å². The van der Waals surface area contributed by atoms with Gasteiger partial charge in [0.2, 0.25) is 0 Å². The van der Waals surface area contributed by atoms with Gasteiger partial charge < -0.3 is 0 Å². The van der Waals surface area contributed by atoms with Crippen LogP contribution in [0.5, 0.6) is 0 Å². The number of benzene rings is 1. The van der Waals surface area contributed by atoms with E-state index in [2.05, 4.69) is 62.2 Å². The summed E-state index contributed by atoms with van der Waals surface area (Å²) in [5.41, 5.74) is 9.40. The summed E-state index contributed by atoms with van der Waals surface area (Å²) in [7, 11) is -3.04. The maximum absolute atomic E-state index is 10.9. The van der Waals surface area contributed by atoms with Gasteiger partial charge in [-0.25, -0.2) is 0 Å². The maximum Gasteiger partial charge on any atom is 0.269 e. The minimum Gasteiger partial charge on any atom is -0.296 e. The van der Waals surface area contributed by atoms with E-state index in [0.29, 0.717) is 0 Å². The quantitative estimate of drug-likeness (QED) is 0.324. The Bertz CT molecular complexity index is 889. The Balaban J connectivity index is 2.61. The minimum absolute atomic E-state index is 0.0744. The van der Waals surface area contributed by atoms with Crippen molar-refractivity contribution in [1.82, 2.24) is 4.57 Å². The van der Waals surface area contributed by atoms with Crippen molar-refractivity contribution in [2.24, 2.45) is 0 Å². The SMILES string of the molecule is C[Si](C)(C)C#Cc1ccc(C#C[Si](C)(C)C)n1-c1ccc([N+](=O)[O-])cc1. The topological polar surface area (TPSA) is 48.1 Å². The van der Waals surface area contributed by atoms with Crippen LogP contribution in [0, 0.1) is 33.0 Å². The summed E-state index contributed by atoms with van der Waals surface area (Å²) >= 11 is 0. The molecule has 0 aliphatic heterocycles. The number of nitro groups is 1. The average molecular weight is 381 g/mol. The fourth-order valence-corrected chi connectivity index (χ4v) is 3.14. The molecule has 4 nitrogen and oxygen atoms in total. The summed E-state index contributed by atoms with van der Waals surface area (Å²) in [4.78, 5) is 10.5. The van der Waals surface area contributed by atoms with Crippen molar-refractivity contribution < 1.29 is 4.92 Å². The van der Waals surface area contributed by atoms with Crippen LogP contribution in [-0.2, 0) is 0 Å². The second-order valence-electron chi connectivity index (χ2n) is 8.21. The lowest BCUT2D eigenvalue weighted by molar-refractivity contribution is -0.384. The highest BCUT2D eigenvalue weighted by atomic mass is 28.3. The molecule has 0 saturated heterocycles. The first kappa shape index (κ1) is 19.8. The Hall–Kier alpha value is -2.55. The fourth-order valence-electron chi connectivity index (χ4n) is 2.14. The Kier molecular flexibility index (Phi) is 5.60. The standard InChI is InChI=1S/C20H24N2O2Si2/c1-25(2,3)15-13-18-7-8-19(14-16-26(4,5)6)21(18)17-9-11-20(12-10-17)22(23)24/h7-12H,1-6H3. The highest BCUT2D eigenvalue weighted by molar-refractivity contribution is 6.84. The number of hydrogen-bond acceptors (Lipinski definition) is 2. The van der Waals surface area contributed by atoms with E-state index < -0.39 is 21.1 Å². The molecule has 2 rings (SSSR count). The monoisotopic (exact) mass is 380 g/mol. The lowest BCUT2D eigenvalue weighted by Gasteiger charge is -2.09. The van der Waals surface area contributed by atoms with Crippen LogP contribution in [0.15, 0.2) is 36.4 Å². The number of nitro benzene ring substituents is 1. The van der Waals surface area contributed by atoms with E-state index in [0.717, 1.165) is 17.1 Å². The zero-order valence-corrected chi connectivity index (χ0v) is 18.2. The molecule has 0 saturated carbocycles. The van der Waals surface area contributed by atoms with Crippen molar-refractivity contribution in [1.29, 1.82) is 0 Å². The molecule has 0 unspecified atom stereocenters. The first-order chi connectivity index (χ1) is 12.0. The van der Waals surface area contributed by atoms with Crippen LogP contribution >= 0.6 is 0 Å². The normalized spacial score (nSPS) is 11.2. The molecule has 0 spiro atoms. The van der Waals surface area contributed by atoms with Crippen LogP contribution in [0.2, 0.25) is 39.3 Å². The second-order valence-corrected chi connectivity index (χ2v) is 17.7. The molecule has 1 aromatic carbocycles. The average Bonchev–Trinajstić information content (AvgIpc) is 2.92. The number of hydrogen-bond donors (Lipinski definition) is 0. The van der Waals surface area contributed by atoms with Gasteiger partial charge in [-0.15, -0.1) is 11.1 Å². The maximum atomic E-state index is 10.9. The van der Waals surface area contributed by atoms with E-state index in [-0.39, 0.29) is 5.69 Å². The predicted molar refractivity (Wildman–Crippen MR) is 113 cm³/mol. The van der Waals surface area contributed by atoms with Crippen molar-refractivity contribution in [2.45, 2.75) is 39.3 Å². The van der Waals surface area contributed by atoms with Gasteiger partial charge in [-0.1, -0.05) is 51.1 Å². The molecule has 0 radical (unpaired) electrons. The molecule has 134 valence electrons. The van der Waals surface area contributed by atoms with Gasteiger partial charge in [0.05, 0.1) is 16.3 Å². The Morgan fingerprint density at radius 3 is 1.58 bits per heavy atom. The molecule has 0 fully saturated rings. The summed E-state index contributed by atoms with van der Waals surface area (Å²) in [6.45, 7) is 13.2. The predicted octanol–water partition coefficient (Wildman–Crippen LogP) is 4.84. The molecule has 0 N–H and O–H groups in total. The summed E-state index contributed by atoms with van der Waals surface area (Å²) in [5, 5.41) is 10.9. The van der Waals surface area contributed by atoms with E-state index in [9.17, 15) is 10.1 Å². The first-order valence-corrected chi connectivity index (χ1v) is 15.5. The summed E-state index contributed by atoms with van der Waals surface area (Å²) in [6, 6.07) is 10.5. The molecule has 0 bridgehead atoms. The molecule has 0 aliphatic rings. The third kappa shape index (κ3) is 5.48. The smallest absolute Gasteiger partial charge is 0.269 e. The molecule has 0 amide bonds. The Morgan fingerprint density at radius 2 is 1.23 bits per heavy atom. The van der Waals surface area contributed by atoms with Crippen LogP contribution in [0.25, 0.3) is 5.69 Å². The van der Waals surface area contributed by atoms with E-state index >= 15 is 0 Å². The molecule has 0 aliphatic carbocycles. The van der Waals surface area contributed by atoms with Gasteiger partial charge in [0.25, 0.3) is 5.69 Å². The molecular weight excluding hydrogens is 356 g/mol. The summed E-state index contributed by atoms with van der Waals surface area (Å²) in [6.07, 6.45) is 0. The summed E-state index contributed by atoms with van der Waals surface area (Å²) in [5.74, 6) is 6.58. The Labute approximate surface area is 157 Å². The number of non-ortho nitro benzene ring substituents is 1. The van der Waals surface area contributed by atoms with Gasteiger partial charge in [0.15, 0.2) is 0 Å². The lowest BCUT2D eigenvalue weighted by Crippen LogP contribution is -2.17. The molecule has 1 aromatic heterocycles. The van der Waals surface area contributed by atoms with Gasteiger partial charge >= 0.3 is 0 Å². The van der Waals surface area contributed by atoms with Crippen molar-refractivity contribution in [3.05, 3.63) is 57.9 Å². The number of nitrogens with zero attached hydrogens (tertiary/aromatic N) is 2. The van der Waals surface area contributed by atoms with Crippen LogP contribution in [0.3, 0.4) is 0 Å². The summed E-state index contributed by atoms with van der Waals surface area (Å²) < 4.78 is 1.99. The number of aromatic nitrogens is 1. The van der Waals surface area contributed by atoms with E-state index in [4.69, 9.17) is 0 Å². The highest BCUT2D eigenvalue weighted by Gasteiger charge is 2.13. The zero-order valence-electron chi connectivity index (χ0n) is 16.2. The van der Waals surface area contributed by atoms with Gasteiger partial charge in [-0.2, -0.15) is 0 Å². The molecule has 6 heteroatoms. The van der Waals surface area contributed by atoms with E-state index in [1.54, 1.807) is 12.1 Å². The molecule has 1 heterocycles. The largest absolute Gasteiger partial charge is 0.296 e. The minimum atomic E-state index is -1.52. The molecule has 26 heavy (non-hydrogen) atoms. The Morgan fingerprint density at radius 1 is 0.808 bits per heavy atom. The first-order valence-electron chi connectivity index (χ1n) is 8.49.